The van der Waals surface area contributed by atoms with Crippen molar-refractivity contribution in [3.8, 4) is 11.5 Å². The Labute approximate surface area is 248 Å². The van der Waals surface area contributed by atoms with Gasteiger partial charge in [0.1, 0.15) is 12.4 Å². The van der Waals surface area contributed by atoms with E-state index < -0.39 is 0 Å². The number of aliphatic imine (C=N–C) groups is 1. The molecule has 1 fully saturated rings. The zero-order valence-corrected chi connectivity index (χ0v) is 24.4. The van der Waals surface area contributed by atoms with Crippen molar-refractivity contribution in [2.24, 2.45) is 4.99 Å². The lowest BCUT2D eigenvalue weighted by molar-refractivity contribution is -0.113. The molecule has 0 aromatic heterocycles. The number of benzene rings is 4. The Balaban J connectivity index is 1.48. The maximum atomic E-state index is 13.7. The molecule has 4 aromatic carbocycles. The fraction of sp³-hybridized carbons (Fsp3) is 0.152. The number of amidine groups is 1. The third kappa shape index (κ3) is 6.81. The molecule has 0 saturated carbocycles. The number of ether oxygens (including phenoxy) is 2. The van der Waals surface area contributed by atoms with Crippen LogP contribution in [0.1, 0.15) is 29.2 Å². The molecule has 0 N–H and O–H groups in total. The van der Waals surface area contributed by atoms with Crippen molar-refractivity contribution >= 4 is 51.9 Å². The summed E-state index contributed by atoms with van der Waals surface area (Å²) in [5.74, 6) is 0.337. The summed E-state index contributed by atoms with van der Waals surface area (Å²) < 4.78 is 25.1. The van der Waals surface area contributed by atoms with Gasteiger partial charge in [-0.2, -0.15) is 0 Å². The molecular weight excluding hydrogens is 559 g/mol. The zero-order valence-electron chi connectivity index (χ0n) is 22.9. The molecule has 208 valence electrons. The van der Waals surface area contributed by atoms with Crippen LogP contribution < -0.4 is 14.4 Å². The van der Waals surface area contributed by atoms with Crippen molar-refractivity contribution < 1.29 is 18.7 Å². The van der Waals surface area contributed by atoms with Crippen LogP contribution >= 0.6 is 23.4 Å². The Hall–Kier alpha value is -4.07. The monoisotopic (exact) mass is 586 g/mol. The van der Waals surface area contributed by atoms with Crippen LogP contribution in [-0.4, -0.2) is 17.7 Å². The van der Waals surface area contributed by atoms with Crippen LogP contribution in [0.15, 0.2) is 94.8 Å². The number of carbonyl (C=O) groups excluding carboxylic acids is 1. The molecule has 5 nitrogen and oxygen atoms in total. The van der Waals surface area contributed by atoms with Gasteiger partial charge in [-0.3, -0.25) is 9.69 Å². The van der Waals surface area contributed by atoms with Crippen molar-refractivity contribution in [2.45, 2.75) is 27.4 Å². The molecule has 1 heterocycles. The van der Waals surface area contributed by atoms with E-state index in [4.69, 9.17) is 26.1 Å². The Morgan fingerprint density at radius 2 is 1.59 bits per heavy atom. The summed E-state index contributed by atoms with van der Waals surface area (Å²) >= 11 is 7.95. The predicted molar refractivity (Wildman–Crippen MR) is 166 cm³/mol. The smallest absolute Gasteiger partial charge is 0.271 e. The number of aryl methyl sites for hydroxylation is 2. The second-order valence-corrected chi connectivity index (χ2v) is 10.9. The lowest BCUT2D eigenvalue weighted by atomic mass is 10.1. The number of carbonyl (C=O) groups is 1. The number of amides is 1. The molecule has 0 atom stereocenters. The summed E-state index contributed by atoms with van der Waals surface area (Å²) in [7, 11) is 0. The Morgan fingerprint density at radius 3 is 2.24 bits per heavy atom. The van der Waals surface area contributed by atoms with Crippen LogP contribution in [0.2, 0.25) is 5.02 Å². The Bertz CT molecular complexity index is 1620. The number of rotatable bonds is 8. The number of anilines is 1. The summed E-state index contributed by atoms with van der Waals surface area (Å²) in [5.41, 5.74) is 5.20. The second kappa shape index (κ2) is 12.6. The van der Waals surface area contributed by atoms with Crippen molar-refractivity contribution in [1.82, 2.24) is 0 Å². The lowest BCUT2D eigenvalue weighted by Crippen LogP contribution is -2.28. The van der Waals surface area contributed by atoms with Gasteiger partial charge in [-0.1, -0.05) is 59.1 Å². The molecule has 1 amide bonds. The molecule has 1 saturated heterocycles. The number of halogens is 2. The van der Waals surface area contributed by atoms with Gasteiger partial charge in [0.2, 0.25) is 0 Å². The minimum absolute atomic E-state index is 0.185. The SMILES string of the molecule is CCOc1cc(/C=C2\SC(=Nc3ccc(C)cc3)N(c3ccc(C)cc3)C2=O)cc(Cl)c1OCc1ccc(F)cc1. The number of hydrogen-bond acceptors (Lipinski definition) is 5. The predicted octanol–water partition coefficient (Wildman–Crippen LogP) is 8.88. The maximum absolute atomic E-state index is 13.7. The third-order valence-electron chi connectivity index (χ3n) is 6.28. The number of hydrogen-bond donors (Lipinski definition) is 0. The minimum Gasteiger partial charge on any atom is -0.490 e. The highest BCUT2D eigenvalue weighted by molar-refractivity contribution is 8.19. The van der Waals surface area contributed by atoms with Gasteiger partial charge in [0.15, 0.2) is 16.7 Å². The van der Waals surface area contributed by atoms with Gasteiger partial charge in [-0.05, 0) is 98.3 Å². The van der Waals surface area contributed by atoms with Crippen molar-refractivity contribution in [3.63, 3.8) is 0 Å². The van der Waals surface area contributed by atoms with Gasteiger partial charge < -0.3 is 9.47 Å². The molecule has 0 aliphatic carbocycles. The first-order valence-corrected chi connectivity index (χ1v) is 14.3. The standard InChI is InChI=1S/C33H28ClFN2O3S/c1-4-39-29-18-24(17-28(34)31(29)40-20-23-9-11-25(35)12-10-23)19-30-32(38)37(27-15-7-22(3)8-16-27)33(41-30)36-26-13-5-21(2)6-14-26/h5-19H,4,20H2,1-3H3/b30-19-,36-33?. The first-order chi connectivity index (χ1) is 19.8. The molecule has 0 bridgehead atoms. The molecular formula is C33H28ClFN2O3S. The van der Waals surface area contributed by atoms with Crippen LogP contribution in [0.25, 0.3) is 6.08 Å². The molecule has 5 rings (SSSR count). The molecule has 0 radical (unpaired) electrons. The number of nitrogens with zero attached hydrogens (tertiary/aromatic N) is 2. The van der Waals surface area contributed by atoms with E-state index in [0.717, 1.165) is 28.1 Å². The van der Waals surface area contributed by atoms with Gasteiger partial charge in [-0.25, -0.2) is 9.38 Å². The van der Waals surface area contributed by atoms with Crippen LogP contribution in [-0.2, 0) is 11.4 Å². The molecule has 0 unspecified atom stereocenters. The fourth-order valence-corrected chi connectivity index (χ4v) is 5.44. The molecule has 0 spiro atoms. The second-order valence-electron chi connectivity index (χ2n) is 9.49. The van der Waals surface area contributed by atoms with E-state index in [-0.39, 0.29) is 18.3 Å². The van der Waals surface area contributed by atoms with Gasteiger partial charge in [0.25, 0.3) is 5.91 Å². The van der Waals surface area contributed by atoms with Crippen LogP contribution in [0.3, 0.4) is 0 Å². The normalized spacial score (nSPS) is 15.1. The van der Waals surface area contributed by atoms with E-state index in [0.29, 0.717) is 38.8 Å². The molecule has 8 heteroatoms. The van der Waals surface area contributed by atoms with E-state index in [1.807, 2.05) is 69.3 Å². The molecule has 1 aliphatic heterocycles. The van der Waals surface area contributed by atoms with E-state index >= 15 is 0 Å². The highest BCUT2D eigenvalue weighted by Crippen LogP contribution is 2.41. The van der Waals surface area contributed by atoms with Crippen LogP contribution in [0.5, 0.6) is 11.5 Å². The van der Waals surface area contributed by atoms with E-state index in [2.05, 4.69) is 0 Å². The molecule has 1 aliphatic rings. The van der Waals surface area contributed by atoms with Gasteiger partial charge in [-0.15, -0.1) is 0 Å². The third-order valence-corrected chi connectivity index (χ3v) is 7.53. The Kier molecular flexibility index (Phi) is 8.76. The quantitative estimate of drug-likeness (QED) is 0.193. The Morgan fingerprint density at radius 1 is 0.927 bits per heavy atom. The van der Waals surface area contributed by atoms with Crippen molar-refractivity contribution in [2.75, 3.05) is 11.5 Å². The van der Waals surface area contributed by atoms with Gasteiger partial charge in [0.05, 0.1) is 27.9 Å². The first kappa shape index (κ1) is 28.5. The van der Waals surface area contributed by atoms with E-state index in [1.54, 1.807) is 35.2 Å². The zero-order chi connectivity index (χ0) is 28.9. The number of thioether (sulfide) groups is 1. The van der Waals surface area contributed by atoms with Crippen molar-refractivity contribution in [3.05, 3.63) is 123 Å². The average molecular weight is 587 g/mol. The summed E-state index contributed by atoms with van der Waals surface area (Å²) in [5, 5.41) is 0.897. The highest BCUT2D eigenvalue weighted by Gasteiger charge is 2.35. The minimum atomic E-state index is -0.313. The first-order valence-electron chi connectivity index (χ1n) is 13.1. The van der Waals surface area contributed by atoms with E-state index in [9.17, 15) is 9.18 Å². The summed E-state index contributed by atoms with van der Waals surface area (Å²) in [6, 6.07) is 25.2. The maximum Gasteiger partial charge on any atom is 0.271 e. The fourth-order valence-electron chi connectivity index (χ4n) is 4.16. The summed E-state index contributed by atoms with van der Waals surface area (Å²) in [6.07, 6.45) is 1.78. The molecule has 4 aromatic rings. The van der Waals surface area contributed by atoms with Crippen LogP contribution in [0, 0.1) is 19.7 Å². The van der Waals surface area contributed by atoms with Crippen LogP contribution in [0.4, 0.5) is 15.8 Å². The lowest BCUT2D eigenvalue weighted by Gasteiger charge is -2.16. The summed E-state index contributed by atoms with van der Waals surface area (Å²) in [4.78, 5) is 20.7. The van der Waals surface area contributed by atoms with E-state index in [1.165, 1.54) is 23.9 Å². The van der Waals surface area contributed by atoms with Crippen molar-refractivity contribution in [1.29, 1.82) is 0 Å². The van der Waals surface area contributed by atoms with Gasteiger partial charge >= 0.3 is 0 Å². The molecule has 41 heavy (non-hydrogen) atoms. The average Bonchev–Trinajstić information content (AvgIpc) is 3.25. The highest BCUT2D eigenvalue weighted by atomic mass is 35.5. The summed E-state index contributed by atoms with van der Waals surface area (Å²) in [6.45, 7) is 6.48. The van der Waals surface area contributed by atoms with Gasteiger partial charge in [0, 0.05) is 0 Å². The topological polar surface area (TPSA) is 51.1 Å². The largest absolute Gasteiger partial charge is 0.490 e.